The smallest absolute Gasteiger partial charge is 0.335 e. The van der Waals surface area contributed by atoms with Crippen LogP contribution in [0.2, 0.25) is 0 Å². The number of hydrogen-bond donors (Lipinski definition) is 2. The molecule has 0 amide bonds. The first-order valence-corrected chi connectivity index (χ1v) is 13.0. The third-order valence-electron chi connectivity index (χ3n) is 6.68. The van der Waals surface area contributed by atoms with Crippen LogP contribution in [0.5, 0.6) is 0 Å². The van der Waals surface area contributed by atoms with Crippen molar-refractivity contribution in [2.24, 2.45) is 5.92 Å². The number of aliphatic hydroxyl groups excluding tert-OH is 2. The van der Waals surface area contributed by atoms with Crippen LogP contribution < -0.4 is 0 Å². The molecule has 2 N–H and O–H groups in total. The van der Waals surface area contributed by atoms with Crippen molar-refractivity contribution in [2.45, 2.75) is 70.3 Å². The number of benzene rings is 1. The van der Waals surface area contributed by atoms with E-state index in [0.29, 0.717) is 12.0 Å². The molecule has 36 heavy (non-hydrogen) atoms. The Morgan fingerprint density at radius 3 is 2.08 bits per heavy atom. The highest BCUT2D eigenvalue weighted by Crippen LogP contribution is 2.26. The van der Waals surface area contributed by atoms with E-state index in [-0.39, 0.29) is 24.4 Å². The van der Waals surface area contributed by atoms with Gasteiger partial charge in [0.1, 0.15) is 13.2 Å². The fourth-order valence-electron chi connectivity index (χ4n) is 4.21. The van der Waals surface area contributed by atoms with Crippen LogP contribution in [0.4, 0.5) is 0 Å². The lowest BCUT2D eigenvalue weighted by molar-refractivity contribution is -0.142. The summed E-state index contributed by atoms with van der Waals surface area (Å²) in [7, 11) is 0. The summed E-state index contributed by atoms with van der Waals surface area (Å²) in [5.74, 6) is -1.12. The molecule has 7 nitrogen and oxygen atoms in total. The summed E-state index contributed by atoms with van der Waals surface area (Å²) in [6, 6.07) is 7.94. The Balaban J connectivity index is 1.89. The lowest BCUT2D eigenvalue weighted by Crippen LogP contribution is -2.26. The van der Waals surface area contributed by atoms with Crippen molar-refractivity contribution < 1.29 is 34.0 Å². The zero-order valence-electron chi connectivity index (χ0n) is 21.6. The van der Waals surface area contributed by atoms with Crippen molar-refractivity contribution in [3.8, 4) is 0 Å². The lowest BCUT2D eigenvalue weighted by Gasteiger charge is -2.29. The summed E-state index contributed by atoms with van der Waals surface area (Å²) in [6.07, 6.45) is 9.69. The second-order valence-corrected chi connectivity index (χ2v) is 9.59. The minimum atomic E-state index is -0.703. The molecule has 1 aromatic carbocycles. The van der Waals surface area contributed by atoms with Crippen LogP contribution in [0, 0.1) is 5.92 Å². The van der Waals surface area contributed by atoms with Gasteiger partial charge in [-0.15, -0.1) is 0 Å². The summed E-state index contributed by atoms with van der Waals surface area (Å²) in [4.78, 5) is 23.9. The standard InChI is InChI=1S/C29H42O7/c1-4-5-6-7-24-11-15-27(34-18-24)14-10-23-8-12-25(13-9-23)26(19-35-28(32)21(2)16-30)20-36-29(33)22(3)17-31/h8-9,12-13,24,26-27,30-31H,2-7,10-11,14-20H2,1H3. The Morgan fingerprint density at radius 1 is 0.972 bits per heavy atom. The van der Waals surface area contributed by atoms with Gasteiger partial charge in [-0.25, -0.2) is 9.59 Å². The van der Waals surface area contributed by atoms with Crippen LogP contribution in [0.1, 0.15) is 68.9 Å². The molecule has 1 heterocycles. The topological polar surface area (TPSA) is 102 Å². The SMILES string of the molecule is C=C(CO)C(=O)OCC(COC(=O)C(=C)CO)c1ccc(CCC2CCC(CCCCC)CO2)cc1. The highest BCUT2D eigenvalue weighted by atomic mass is 16.5. The minimum Gasteiger partial charge on any atom is -0.461 e. The first-order chi connectivity index (χ1) is 17.4. The highest BCUT2D eigenvalue weighted by Gasteiger charge is 2.22. The molecule has 0 bridgehead atoms. The summed E-state index contributed by atoms with van der Waals surface area (Å²) >= 11 is 0. The maximum absolute atomic E-state index is 11.9. The molecular weight excluding hydrogens is 460 g/mol. The molecule has 1 aliphatic heterocycles. The fraction of sp³-hybridized carbons (Fsp3) is 0.586. The third kappa shape index (κ3) is 10.2. The van der Waals surface area contributed by atoms with Gasteiger partial charge in [0.2, 0.25) is 0 Å². The Labute approximate surface area is 215 Å². The van der Waals surface area contributed by atoms with E-state index in [9.17, 15) is 9.59 Å². The number of hydrogen-bond acceptors (Lipinski definition) is 7. The van der Waals surface area contributed by atoms with Gasteiger partial charge in [0, 0.05) is 6.61 Å². The monoisotopic (exact) mass is 502 g/mol. The van der Waals surface area contributed by atoms with Crippen molar-refractivity contribution >= 4 is 11.9 Å². The zero-order chi connectivity index (χ0) is 26.3. The van der Waals surface area contributed by atoms with Crippen LogP contribution in [-0.4, -0.2) is 61.3 Å². The van der Waals surface area contributed by atoms with Gasteiger partial charge in [-0.2, -0.15) is 0 Å². The molecule has 2 unspecified atom stereocenters. The number of ether oxygens (including phenoxy) is 3. The highest BCUT2D eigenvalue weighted by molar-refractivity contribution is 5.88. The van der Waals surface area contributed by atoms with E-state index in [1.807, 2.05) is 24.3 Å². The number of esters is 2. The maximum Gasteiger partial charge on any atom is 0.335 e. The van der Waals surface area contributed by atoms with Crippen molar-refractivity contribution in [1.29, 1.82) is 0 Å². The Bertz CT molecular complexity index is 806. The van der Waals surface area contributed by atoms with Crippen LogP contribution >= 0.6 is 0 Å². The van der Waals surface area contributed by atoms with Gasteiger partial charge in [-0.3, -0.25) is 0 Å². The fourth-order valence-corrected chi connectivity index (χ4v) is 4.21. The maximum atomic E-state index is 11.9. The van der Waals surface area contributed by atoms with Crippen LogP contribution in [-0.2, 0) is 30.2 Å². The molecular formula is C29H42O7. The number of carbonyl (C=O) groups excluding carboxylic acids is 2. The summed E-state index contributed by atoms with van der Waals surface area (Å²) < 4.78 is 16.6. The van der Waals surface area contributed by atoms with E-state index < -0.39 is 31.1 Å². The summed E-state index contributed by atoms with van der Waals surface area (Å²) in [6.45, 7) is 8.95. The molecule has 1 aliphatic rings. The zero-order valence-corrected chi connectivity index (χ0v) is 21.6. The van der Waals surface area contributed by atoms with E-state index in [2.05, 4.69) is 20.1 Å². The van der Waals surface area contributed by atoms with Gasteiger partial charge >= 0.3 is 11.9 Å². The minimum absolute atomic E-state index is 0.0491. The van der Waals surface area contributed by atoms with Crippen molar-refractivity contribution in [3.63, 3.8) is 0 Å². The average Bonchev–Trinajstić information content (AvgIpc) is 2.91. The van der Waals surface area contributed by atoms with Crippen LogP contribution in [0.3, 0.4) is 0 Å². The van der Waals surface area contributed by atoms with Gasteiger partial charge in [0.15, 0.2) is 0 Å². The van der Waals surface area contributed by atoms with E-state index in [4.69, 9.17) is 24.4 Å². The first-order valence-electron chi connectivity index (χ1n) is 13.0. The summed E-state index contributed by atoms with van der Waals surface area (Å²) in [5.41, 5.74) is 1.92. The predicted octanol–water partition coefficient (Wildman–Crippen LogP) is 4.26. The van der Waals surface area contributed by atoms with E-state index >= 15 is 0 Å². The second kappa shape index (κ2) is 16.3. The van der Waals surface area contributed by atoms with Crippen LogP contribution in [0.25, 0.3) is 0 Å². The second-order valence-electron chi connectivity index (χ2n) is 9.59. The van der Waals surface area contributed by atoms with Crippen molar-refractivity contribution in [1.82, 2.24) is 0 Å². The molecule has 2 rings (SSSR count). The number of unbranched alkanes of at least 4 members (excludes halogenated alkanes) is 2. The number of aliphatic hydroxyl groups is 2. The van der Waals surface area contributed by atoms with Gasteiger partial charge in [0.05, 0.1) is 36.4 Å². The first kappa shape index (κ1) is 29.7. The molecule has 1 saturated heterocycles. The summed E-state index contributed by atoms with van der Waals surface area (Å²) in [5, 5.41) is 18.1. The van der Waals surface area contributed by atoms with Gasteiger partial charge in [0.25, 0.3) is 0 Å². The van der Waals surface area contributed by atoms with Gasteiger partial charge in [-0.1, -0.05) is 63.6 Å². The third-order valence-corrected chi connectivity index (χ3v) is 6.68. The Kier molecular flexibility index (Phi) is 13.5. The van der Waals surface area contributed by atoms with Crippen molar-refractivity contribution in [3.05, 3.63) is 59.7 Å². The van der Waals surface area contributed by atoms with Gasteiger partial charge in [-0.05, 0) is 49.1 Å². The lowest BCUT2D eigenvalue weighted by atomic mass is 9.91. The molecule has 0 radical (unpaired) electrons. The molecule has 0 aliphatic carbocycles. The molecule has 0 spiro atoms. The molecule has 7 heteroatoms. The number of aryl methyl sites for hydroxylation is 1. The average molecular weight is 503 g/mol. The van der Waals surface area contributed by atoms with Gasteiger partial charge < -0.3 is 24.4 Å². The molecule has 0 saturated carbocycles. The largest absolute Gasteiger partial charge is 0.461 e. The predicted molar refractivity (Wildman–Crippen MR) is 138 cm³/mol. The Morgan fingerprint density at radius 2 is 1.58 bits per heavy atom. The quantitative estimate of drug-likeness (QED) is 0.198. The molecule has 2 atom stereocenters. The van der Waals surface area contributed by atoms with E-state index in [1.165, 1.54) is 37.7 Å². The molecule has 1 aromatic rings. The van der Waals surface area contributed by atoms with Crippen LogP contribution in [0.15, 0.2) is 48.6 Å². The van der Waals surface area contributed by atoms with E-state index in [1.54, 1.807) is 0 Å². The normalized spacial score (nSPS) is 17.6. The molecule has 1 fully saturated rings. The Hall–Kier alpha value is -2.48. The number of rotatable bonds is 16. The molecule has 200 valence electrons. The van der Waals surface area contributed by atoms with Crippen molar-refractivity contribution in [2.75, 3.05) is 33.0 Å². The number of carbonyl (C=O) groups is 2. The van der Waals surface area contributed by atoms with E-state index in [0.717, 1.165) is 31.4 Å². The molecule has 0 aromatic heterocycles.